The van der Waals surface area contributed by atoms with Gasteiger partial charge in [-0.05, 0) is 25.1 Å². The summed E-state index contributed by atoms with van der Waals surface area (Å²) < 4.78 is 6.18. The molecule has 0 saturated carbocycles. The largest absolute Gasteiger partial charge is 0.493 e. The molecule has 0 spiro atoms. The van der Waals surface area contributed by atoms with E-state index in [0.717, 1.165) is 4.47 Å². The zero-order valence-corrected chi connectivity index (χ0v) is 12.5. The van der Waals surface area contributed by atoms with Crippen molar-refractivity contribution < 1.29 is 19.7 Å². The fourth-order valence-electron chi connectivity index (χ4n) is 1.60. The van der Waals surface area contributed by atoms with Crippen LogP contribution in [0, 0.1) is 0 Å². The van der Waals surface area contributed by atoms with E-state index < -0.39 is 12.2 Å². The SMILES string of the molecule is CCOc1ccc(Br)cc1C(O)C(O)CNC(C)=O. The fourth-order valence-corrected chi connectivity index (χ4v) is 1.98. The molecule has 0 aliphatic heterocycles. The molecule has 0 radical (unpaired) electrons. The third-order valence-electron chi connectivity index (χ3n) is 2.51. The maximum atomic E-state index is 10.8. The first-order valence-corrected chi connectivity index (χ1v) is 6.77. The number of carbonyl (C=O) groups excluding carboxylic acids is 1. The highest BCUT2D eigenvalue weighted by Crippen LogP contribution is 2.30. The summed E-state index contributed by atoms with van der Waals surface area (Å²) >= 11 is 3.31. The number of benzene rings is 1. The molecule has 3 N–H and O–H groups in total. The molecule has 2 unspecified atom stereocenters. The number of halogens is 1. The Kier molecular flexibility index (Phi) is 6.27. The highest BCUT2D eigenvalue weighted by Gasteiger charge is 2.22. The average molecular weight is 332 g/mol. The van der Waals surface area contributed by atoms with Gasteiger partial charge < -0.3 is 20.3 Å². The Bertz CT molecular complexity index is 439. The van der Waals surface area contributed by atoms with Crippen molar-refractivity contribution in [2.45, 2.75) is 26.1 Å². The van der Waals surface area contributed by atoms with E-state index in [4.69, 9.17) is 4.74 Å². The van der Waals surface area contributed by atoms with Crippen LogP contribution in [0.15, 0.2) is 22.7 Å². The smallest absolute Gasteiger partial charge is 0.216 e. The third kappa shape index (κ3) is 4.81. The van der Waals surface area contributed by atoms with Gasteiger partial charge in [-0.25, -0.2) is 0 Å². The second-order valence-corrected chi connectivity index (χ2v) is 4.98. The van der Waals surface area contributed by atoms with E-state index in [-0.39, 0.29) is 12.5 Å². The molecule has 2 atom stereocenters. The predicted octanol–water partition coefficient (Wildman–Crippen LogP) is 1.38. The summed E-state index contributed by atoms with van der Waals surface area (Å²) in [5.41, 5.74) is 0.481. The van der Waals surface area contributed by atoms with E-state index in [9.17, 15) is 15.0 Å². The minimum Gasteiger partial charge on any atom is -0.493 e. The van der Waals surface area contributed by atoms with Gasteiger partial charge in [-0.2, -0.15) is 0 Å². The number of carbonyl (C=O) groups is 1. The van der Waals surface area contributed by atoms with Crippen LogP contribution >= 0.6 is 15.9 Å². The molecular formula is C13H18BrNO4. The van der Waals surface area contributed by atoms with Crippen LogP contribution in [-0.4, -0.2) is 35.4 Å². The number of ether oxygens (including phenoxy) is 1. The minimum absolute atomic E-state index is 0.0193. The third-order valence-corrected chi connectivity index (χ3v) is 3.01. The molecule has 0 bridgehead atoms. The summed E-state index contributed by atoms with van der Waals surface area (Å²) in [7, 11) is 0. The Morgan fingerprint density at radius 3 is 2.74 bits per heavy atom. The maximum absolute atomic E-state index is 10.8. The topological polar surface area (TPSA) is 78.8 Å². The van der Waals surface area contributed by atoms with Gasteiger partial charge in [-0.15, -0.1) is 0 Å². The lowest BCUT2D eigenvalue weighted by molar-refractivity contribution is -0.119. The molecular weight excluding hydrogens is 314 g/mol. The van der Waals surface area contributed by atoms with Gasteiger partial charge in [0.25, 0.3) is 0 Å². The zero-order valence-electron chi connectivity index (χ0n) is 10.9. The van der Waals surface area contributed by atoms with Gasteiger partial charge in [0.05, 0.1) is 6.61 Å². The molecule has 0 aliphatic rings. The molecule has 0 fully saturated rings. The van der Waals surface area contributed by atoms with Gasteiger partial charge in [0.2, 0.25) is 5.91 Å². The van der Waals surface area contributed by atoms with Crippen molar-refractivity contribution in [3.63, 3.8) is 0 Å². The zero-order chi connectivity index (χ0) is 14.4. The summed E-state index contributed by atoms with van der Waals surface area (Å²) in [6, 6.07) is 5.20. The highest BCUT2D eigenvalue weighted by molar-refractivity contribution is 9.10. The van der Waals surface area contributed by atoms with Crippen LogP contribution in [0.5, 0.6) is 5.75 Å². The Balaban J connectivity index is 2.87. The first-order chi connectivity index (χ1) is 8.95. The van der Waals surface area contributed by atoms with Gasteiger partial charge in [-0.3, -0.25) is 4.79 Å². The molecule has 0 aliphatic carbocycles. The van der Waals surface area contributed by atoms with Crippen molar-refractivity contribution in [1.29, 1.82) is 0 Å². The summed E-state index contributed by atoms with van der Waals surface area (Å²) in [4.78, 5) is 10.8. The molecule has 1 amide bonds. The lowest BCUT2D eigenvalue weighted by atomic mass is 10.0. The van der Waals surface area contributed by atoms with Crippen LogP contribution < -0.4 is 10.1 Å². The minimum atomic E-state index is -1.13. The number of hydrogen-bond donors (Lipinski definition) is 3. The molecule has 0 aromatic heterocycles. The summed E-state index contributed by atoms with van der Waals surface area (Å²) in [6.07, 6.45) is -2.23. The molecule has 1 aromatic rings. The van der Waals surface area contributed by atoms with Crippen molar-refractivity contribution in [3.8, 4) is 5.75 Å². The molecule has 19 heavy (non-hydrogen) atoms. The highest BCUT2D eigenvalue weighted by atomic mass is 79.9. The van der Waals surface area contributed by atoms with E-state index in [1.54, 1.807) is 18.2 Å². The lowest BCUT2D eigenvalue weighted by Crippen LogP contribution is -2.34. The number of nitrogens with one attached hydrogen (secondary N) is 1. The number of amides is 1. The quantitative estimate of drug-likeness (QED) is 0.735. The van der Waals surface area contributed by atoms with Crippen molar-refractivity contribution in [2.24, 2.45) is 0 Å². The van der Waals surface area contributed by atoms with E-state index in [2.05, 4.69) is 21.2 Å². The van der Waals surface area contributed by atoms with E-state index in [1.165, 1.54) is 6.92 Å². The van der Waals surface area contributed by atoms with Crippen molar-refractivity contribution in [1.82, 2.24) is 5.32 Å². The Hall–Kier alpha value is -1.11. The second-order valence-electron chi connectivity index (χ2n) is 4.06. The summed E-state index contributed by atoms with van der Waals surface area (Å²) in [5, 5.41) is 22.5. The number of aliphatic hydroxyl groups is 2. The van der Waals surface area contributed by atoms with Crippen molar-refractivity contribution in [3.05, 3.63) is 28.2 Å². The van der Waals surface area contributed by atoms with Gasteiger partial charge in [-0.1, -0.05) is 15.9 Å². The van der Waals surface area contributed by atoms with Crippen LogP contribution in [0.2, 0.25) is 0 Å². The molecule has 6 heteroatoms. The van der Waals surface area contributed by atoms with Gasteiger partial charge in [0.1, 0.15) is 18.0 Å². The molecule has 1 aromatic carbocycles. The number of rotatable bonds is 6. The van der Waals surface area contributed by atoms with Gasteiger partial charge in [0, 0.05) is 23.5 Å². The van der Waals surface area contributed by atoms with E-state index in [0.29, 0.717) is 17.9 Å². The molecule has 1 rings (SSSR count). The second kappa shape index (κ2) is 7.47. The Labute approximate surface area is 120 Å². The van der Waals surface area contributed by atoms with E-state index in [1.807, 2.05) is 6.92 Å². The number of hydrogen-bond acceptors (Lipinski definition) is 4. The van der Waals surface area contributed by atoms with Crippen LogP contribution in [0.4, 0.5) is 0 Å². The predicted molar refractivity (Wildman–Crippen MR) is 75.0 cm³/mol. The first-order valence-electron chi connectivity index (χ1n) is 5.98. The van der Waals surface area contributed by atoms with Crippen molar-refractivity contribution >= 4 is 21.8 Å². The van der Waals surface area contributed by atoms with Crippen LogP contribution in [0.3, 0.4) is 0 Å². The summed E-state index contributed by atoms with van der Waals surface area (Å²) in [6.45, 7) is 3.63. The first kappa shape index (κ1) is 15.9. The summed E-state index contributed by atoms with van der Waals surface area (Å²) in [5.74, 6) is 0.255. The molecule has 106 valence electrons. The van der Waals surface area contributed by atoms with Crippen LogP contribution in [0.25, 0.3) is 0 Å². The van der Waals surface area contributed by atoms with Gasteiger partial charge >= 0.3 is 0 Å². The van der Waals surface area contributed by atoms with Crippen molar-refractivity contribution in [2.75, 3.05) is 13.2 Å². The normalized spacial score (nSPS) is 13.7. The Morgan fingerprint density at radius 1 is 1.47 bits per heavy atom. The van der Waals surface area contributed by atoms with Gasteiger partial charge in [0.15, 0.2) is 0 Å². The fraction of sp³-hybridized carbons (Fsp3) is 0.462. The Morgan fingerprint density at radius 2 is 2.16 bits per heavy atom. The molecule has 0 saturated heterocycles. The molecule has 0 heterocycles. The average Bonchev–Trinajstić information content (AvgIpc) is 2.37. The standard InChI is InChI=1S/C13H18BrNO4/c1-3-19-12-5-4-9(14)6-10(12)13(18)11(17)7-15-8(2)16/h4-6,11,13,17-18H,3,7H2,1-2H3,(H,15,16). The van der Waals surface area contributed by atoms with E-state index >= 15 is 0 Å². The monoisotopic (exact) mass is 331 g/mol. The number of aliphatic hydroxyl groups excluding tert-OH is 2. The van der Waals surface area contributed by atoms with Crippen LogP contribution in [0.1, 0.15) is 25.5 Å². The lowest BCUT2D eigenvalue weighted by Gasteiger charge is -2.21. The maximum Gasteiger partial charge on any atom is 0.216 e. The van der Waals surface area contributed by atoms with Crippen LogP contribution in [-0.2, 0) is 4.79 Å². The molecule has 5 nitrogen and oxygen atoms in total.